The van der Waals surface area contributed by atoms with E-state index in [0.717, 1.165) is 10.7 Å². The van der Waals surface area contributed by atoms with Crippen LogP contribution in [0.3, 0.4) is 0 Å². The maximum Gasteiger partial charge on any atom is 0.353 e. The fourth-order valence-electron chi connectivity index (χ4n) is 1.37. The number of aryl methyl sites for hydroxylation is 1. The predicted octanol–water partition coefficient (Wildman–Crippen LogP) is 0.296. The molecule has 102 valence electrons. The molecule has 0 radical (unpaired) electrons. The zero-order valence-corrected chi connectivity index (χ0v) is 11.0. The van der Waals surface area contributed by atoms with Crippen LogP contribution in [-0.4, -0.2) is 39.5 Å². The summed E-state index contributed by atoms with van der Waals surface area (Å²) in [6, 6.07) is 1.05. The standard InChI is InChI=1S/C8H8ClN5O4S/c1-14-7(4(9)3-10-14)19(17,18)13-6-2-5(8(15)16)11-12-6/h2-3H,1H3,(H,15,16)(H2,11,12,13). The topological polar surface area (TPSA) is 130 Å². The lowest BCUT2D eigenvalue weighted by Crippen LogP contribution is -2.17. The minimum Gasteiger partial charge on any atom is -0.477 e. The van der Waals surface area contributed by atoms with Gasteiger partial charge in [0.15, 0.2) is 10.8 Å². The van der Waals surface area contributed by atoms with Crippen LogP contribution in [0.15, 0.2) is 17.3 Å². The largest absolute Gasteiger partial charge is 0.477 e. The number of nitrogens with zero attached hydrogens (tertiary/aromatic N) is 3. The molecule has 2 heterocycles. The van der Waals surface area contributed by atoms with Crippen molar-refractivity contribution >= 4 is 33.4 Å². The molecule has 19 heavy (non-hydrogen) atoms. The zero-order chi connectivity index (χ0) is 14.2. The van der Waals surface area contributed by atoms with Crippen molar-refractivity contribution in [2.75, 3.05) is 4.72 Å². The van der Waals surface area contributed by atoms with Crippen molar-refractivity contribution in [3.8, 4) is 0 Å². The quantitative estimate of drug-likeness (QED) is 0.744. The van der Waals surface area contributed by atoms with Gasteiger partial charge in [-0.1, -0.05) is 11.6 Å². The number of anilines is 1. The average Bonchev–Trinajstić information content (AvgIpc) is 2.85. The predicted molar refractivity (Wildman–Crippen MR) is 64.6 cm³/mol. The number of aromatic amines is 1. The highest BCUT2D eigenvalue weighted by molar-refractivity contribution is 7.92. The van der Waals surface area contributed by atoms with Crippen molar-refractivity contribution in [2.45, 2.75) is 5.03 Å². The molecule has 9 nitrogen and oxygen atoms in total. The molecule has 0 aliphatic carbocycles. The fourth-order valence-corrected chi connectivity index (χ4v) is 3.02. The molecule has 3 N–H and O–H groups in total. The molecule has 0 aliphatic heterocycles. The van der Waals surface area contributed by atoms with Crippen molar-refractivity contribution in [3.05, 3.63) is 23.0 Å². The molecule has 0 spiro atoms. The van der Waals surface area contributed by atoms with E-state index >= 15 is 0 Å². The van der Waals surface area contributed by atoms with Gasteiger partial charge in [0.25, 0.3) is 10.0 Å². The van der Waals surface area contributed by atoms with Crippen molar-refractivity contribution in [1.29, 1.82) is 0 Å². The molecular weight excluding hydrogens is 298 g/mol. The molecule has 0 aliphatic rings. The first kappa shape index (κ1) is 13.4. The molecule has 0 saturated heterocycles. The van der Waals surface area contributed by atoms with Crippen LogP contribution in [0.5, 0.6) is 0 Å². The van der Waals surface area contributed by atoms with E-state index in [0.29, 0.717) is 0 Å². The van der Waals surface area contributed by atoms with Gasteiger partial charge in [0, 0.05) is 13.1 Å². The lowest BCUT2D eigenvalue weighted by molar-refractivity contribution is 0.0690. The van der Waals surface area contributed by atoms with E-state index in [4.69, 9.17) is 16.7 Å². The number of hydrogen-bond donors (Lipinski definition) is 3. The van der Waals surface area contributed by atoms with Gasteiger partial charge in [-0.25, -0.2) is 4.79 Å². The van der Waals surface area contributed by atoms with E-state index in [2.05, 4.69) is 20.0 Å². The van der Waals surface area contributed by atoms with Gasteiger partial charge in [-0.2, -0.15) is 18.6 Å². The van der Waals surface area contributed by atoms with Crippen LogP contribution in [0.4, 0.5) is 5.82 Å². The van der Waals surface area contributed by atoms with Crippen LogP contribution in [0.2, 0.25) is 5.02 Å². The van der Waals surface area contributed by atoms with Gasteiger partial charge in [0.1, 0.15) is 5.69 Å². The first-order valence-electron chi connectivity index (χ1n) is 4.80. The molecule has 0 aromatic carbocycles. The highest BCUT2D eigenvalue weighted by atomic mass is 35.5. The second-order valence-electron chi connectivity index (χ2n) is 3.50. The summed E-state index contributed by atoms with van der Waals surface area (Å²) in [6.07, 6.45) is 1.18. The molecule has 0 unspecified atom stereocenters. The highest BCUT2D eigenvalue weighted by Crippen LogP contribution is 2.22. The Labute approximate surface area is 112 Å². The van der Waals surface area contributed by atoms with Crippen LogP contribution in [0, 0.1) is 0 Å². The monoisotopic (exact) mass is 305 g/mol. The van der Waals surface area contributed by atoms with Crippen molar-refractivity contribution < 1.29 is 18.3 Å². The number of carboxylic acid groups (broad SMARTS) is 1. The van der Waals surface area contributed by atoms with Crippen molar-refractivity contribution in [1.82, 2.24) is 20.0 Å². The van der Waals surface area contributed by atoms with Crippen molar-refractivity contribution in [3.63, 3.8) is 0 Å². The summed E-state index contributed by atoms with van der Waals surface area (Å²) in [7, 11) is -2.59. The number of halogens is 1. The summed E-state index contributed by atoms with van der Waals surface area (Å²) in [6.45, 7) is 0. The Morgan fingerprint density at radius 3 is 2.74 bits per heavy atom. The van der Waals surface area contributed by atoms with Crippen LogP contribution in [-0.2, 0) is 17.1 Å². The van der Waals surface area contributed by atoms with Crippen LogP contribution in [0.1, 0.15) is 10.5 Å². The minimum atomic E-state index is -4.00. The Balaban J connectivity index is 2.34. The normalized spacial score (nSPS) is 11.5. The Kier molecular flexibility index (Phi) is 3.20. The molecule has 0 amide bonds. The third-order valence-electron chi connectivity index (χ3n) is 2.14. The van der Waals surface area contributed by atoms with Gasteiger partial charge < -0.3 is 5.11 Å². The van der Waals surface area contributed by atoms with E-state index < -0.39 is 16.0 Å². The third kappa shape index (κ3) is 2.53. The van der Waals surface area contributed by atoms with Gasteiger partial charge in [-0.05, 0) is 0 Å². The van der Waals surface area contributed by atoms with Gasteiger partial charge in [0.2, 0.25) is 0 Å². The molecule has 2 aromatic heterocycles. The van der Waals surface area contributed by atoms with Gasteiger partial charge in [0.05, 0.1) is 11.2 Å². The number of H-pyrrole nitrogens is 1. The van der Waals surface area contributed by atoms with Crippen LogP contribution in [0.25, 0.3) is 0 Å². The Bertz CT molecular complexity index is 715. The number of carbonyl (C=O) groups is 1. The number of sulfonamides is 1. The molecular formula is C8H8ClN5O4S. The fraction of sp³-hybridized carbons (Fsp3) is 0.125. The number of carboxylic acids is 1. The molecule has 0 fully saturated rings. The summed E-state index contributed by atoms with van der Waals surface area (Å²) in [5, 5.41) is 17.8. The number of nitrogens with one attached hydrogen (secondary N) is 2. The molecule has 0 atom stereocenters. The molecule has 2 rings (SSSR count). The van der Waals surface area contributed by atoms with Gasteiger partial charge in [-0.3, -0.25) is 14.5 Å². The summed E-state index contributed by atoms with van der Waals surface area (Å²) < 4.78 is 27.2. The Morgan fingerprint density at radius 1 is 1.58 bits per heavy atom. The number of aromatic carboxylic acids is 1. The van der Waals surface area contributed by atoms with E-state index in [1.165, 1.54) is 13.2 Å². The van der Waals surface area contributed by atoms with Crippen LogP contribution < -0.4 is 4.72 Å². The summed E-state index contributed by atoms with van der Waals surface area (Å²) in [5.74, 6) is -1.41. The van der Waals surface area contributed by atoms with Crippen molar-refractivity contribution in [2.24, 2.45) is 7.05 Å². The van der Waals surface area contributed by atoms with Gasteiger partial charge in [-0.15, -0.1) is 0 Å². The Morgan fingerprint density at radius 2 is 2.26 bits per heavy atom. The minimum absolute atomic E-state index is 0.0519. The smallest absolute Gasteiger partial charge is 0.353 e. The summed E-state index contributed by atoms with van der Waals surface area (Å²) >= 11 is 5.73. The second kappa shape index (κ2) is 4.55. The lowest BCUT2D eigenvalue weighted by atomic mass is 10.4. The molecule has 2 aromatic rings. The zero-order valence-electron chi connectivity index (χ0n) is 9.45. The molecule has 0 bridgehead atoms. The van der Waals surface area contributed by atoms with E-state index in [1.54, 1.807) is 0 Å². The summed E-state index contributed by atoms with van der Waals surface area (Å²) in [4.78, 5) is 10.6. The average molecular weight is 306 g/mol. The Hall–Kier alpha value is -2.07. The van der Waals surface area contributed by atoms with E-state index in [1.807, 2.05) is 0 Å². The summed E-state index contributed by atoms with van der Waals surface area (Å²) in [5.41, 5.74) is -0.242. The van der Waals surface area contributed by atoms with Crippen LogP contribution >= 0.6 is 11.6 Å². The second-order valence-corrected chi connectivity index (χ2v) is 5.50. The number of aromatic nitrogens is 4. The molecule has 0 saturated carbocycles. The first-order valence-corrected chi connectivity index (χ1v) is 6.66. The maximum absolute atomic E-state index is 12.0. The highest BCUT2D eigenvalue weighted by Gasteiger charge is 2.24. The molecule has 11 heteroatoms. The van der Waals surface area contributed by atoms with E-state index in [-0.39, 0.29) is 21.6 Å². The van der Waals surface area contributed by atoms with Gasteiger partial charge >= 0.3 is 5.97 Å². The lowest BCUT2D eigenvalue weighted by Gasteiger charge is -2.05. The first-order chi connectivity index (χ1) is 8.81. The number of rotatable bonds is 4. The third-order valence-corrected chi connectivity index (χ3v) is 4.00. The maximum atomic E-state index is 12.0. The van der Waals surface area contributed by atoms with E-state index in [9.17, 15) is 13.2 Å². The SMILES string of the molecule is Cn1ncc(Cl)c1S(=O)(=O)Nc1cc(C(=O)O)[nH]n1. The number of hydrogen-bond acceptors (Lipinski definition) is 5.